The summed E-state index contributed by atoms with van der Waals surface area (Å²) in [6.45, 7) is 8.53. The monoisotopic (exact) mass is 247 g/mol. The Kier molecular flexibility index (Phi) is 5.05. The molecule has 0 saturated heterocycles. The zero-order valence-corrected chi connectivity index (χ0v) is 11.3. The Morgan fingerprint density at radius 2 is 2.06 bits per heavy atom. The molecule has 0 aliphatic carbocycles. The molecule has 0 radical (unpaired) electrons. The molecule has 1 heterocycles. The van der Waals surface area contributed by atoms with Gasteiger partial charge in [0.05, 0.1) is 0 Å². The number of nitriles is 1. The number of nitrogens with zero attached hydrogens (tertiary/aromatic N) is 4. The van der Waals surface area contributed by atoms with Crippen LogP contribution in [-0.4, -0.2) is 29.6 Å². The Morgan fingerprint density at radius 3 is 2.61 bits per heavy atom. The van der Waals surface area contributed by atoms with Crippen molar-refractivity contribution in [3.63, 3.8) is 0 Å². The van der Waals surface area contributed by atoms with Gasteiger partial charge in [-0.3, -0.25) is 0 Å². The van der Waals surface area contributed by atoms with E-state index in [0.717, 1.165) is 19.5 Å². The molecule has 2 N–H and O–H groups in total. The summed E-state index contributed by atoms with van der Waals surface area (Å²) in [6, 6.07) is 2.09. The summed E-state index contributed by atoms with van der Waals surface area (Å²) < 4.78 is 0. The van der Waals surface area contributed by atoms with Crippen molar-refractivity contribution in [2.45, 2.75) is 27.2 Å². The molecule has 1 rings (SSSR count). The van der Waals surface area contributed by atoms with E-state index in [4.69, 9.17) is 11.0 Å². The maximum Gasteiger partial charge on any atom is 0.183 e. The molecule has 5 heteroatoms. The average molecular weight is 247 g/mol. The lowest BCUT2D eigenvalue weighted by molar-refractivity contribution is 0.376. The van der Waals surface area contributed by atoms with Crippen molar-refractivity contribution in [3.8, 4) is 6.07 Å². The van der Waals surface area contributed by atoms with Crippen molar-refractivity contribution in [3.05, 3.63) is 18.1 Å². The SMILES string of the molecule is CCCN(CC(C)(C)CN)c1nccnc1C#N. The minimum atomic E-state index is -0.0145. The lowest BCUT2D eigenvalue weighted by Gasteiger charge is -2.32. The first-order valence-corrected chi connectivity index (χ1v) is 6.20. The third kappa shape index (κ3) is 3.67. The number of nitrogens with two attached hydrogens (primary N) is 1. The molecular formula is C13H21N5. The highest BCUT2D eigenvalue weighted by Crippen LogP contribution is 2.21. The molecule has 1 aromatic rings. The van der Waals surface area contributed by atoms with Crippen LogP contribution in [0, 0.1) is 16.7 Å². The van der Waals surface area contributed by atoms with Gasteiger partial charge in [0.15, 0.2) is 11.5 Å². The molecular weight excluding hydrogens is 226 g/mol. The number of hydrogen-bond donors (Lipinski definition) is 1. The van der Waals surface area contributed by atoms with Gasteiger partial charge in [-0.1, -0.05) is 20.8 Å². The highest BCUT2D eigenvalue weighted by atomic mass is 15.2. The topological polar surface area (TPSA) is 78.8 Å². The van der Waals surface area contributed by atoms with Crippen LogP contribution in [0.15, 0.2) is 12.4 Å². The molecule has 0 aliphatic heterocycles. The third-order valence-electron chi connectivity index (χ3n) is 2.75. The molecule has 0 amide bonds. The van der Waals surface area contributed by atoms with Crippen LogP contribution in [0.3, 0.4) is 0 Å². The van der Waals surface area contributed by atoms with Gasteiger partial charge in [-0.05, 0) is 18.4 Å². The summed E-state index contributed by atoms with van der Waals surface area (Å²) in [5.41, 5.74) is 6.13. The fraction of sp³-hybridized carbons (Fsp3) is 0.615. The summed E-state index contributed by atoms with van der Waals surface area (Å²) in [5.74, 6) is 0.656. The average Bonchev–Trinajstić information content (AvgIpc) is 2.38. The van der Waals surface area contributed by atoms with E-state index in [9.17, 15) is 0 Å². The Labute approximate surface area is 109 Å². The number of rotatable bonds is 6. The number of hydrogen-bond acceptors (Lipinski definition) is 5. The van der Waals surface area contributed by atoms with Crippen LogP contribution < -0.4 is 10.6 Å². The van der Waals surface area contributed by atoms with E-state index in [0.29, 0.717) is 18.1 Å². The van der Waals surface area contributed by atoms with Gasteiger partial charge in [-0.15, -0.1) is 0 Å². The Hall–Kier alpha value is -1.67. The van der Waals surface area contributed by atoms with Crippen molar-refractivity contribution >= 4 is 5.82 Å². The molecule has 0 saturated carbocycles. The largest absolute Gasteiger partial charge is 0.354 e. The minimum absolute atomic E-state index is 0.0145. The highest BCUT2D eigenvalue weighted by molar-refractivity contribution is 5.49. The van der Waals surface area contributed by atoms with E-state index >= 15 is 0 Å². The van der Waals surface area contributed by atoms with E-state index in [1.54, 1.807) is 12.4 Å². The third-order valence-corrected chi connectivity index (χ3v) is 2.75. The van der Waals surface area contributed by atoms with Gasteiger partial charge in [0.2, 0.25) is 0 Å². The van der Waals surface area contributed by atoms with Gasteiger partial charge in [0.25, 0.3) is 0 Å². The van der Waals surface area contributed by atoms with Crippen LogP contribution in [-0.2, 0) is 0 Å². The van der Waals surface area contributed by atoms with Crippen molar-refractivity contribution in [2.75, 3.05) is 24.5 Å². The summed E-state index contributed by atoms with van der Waals surface area (Å²) >= 11 is 0. The van der Waals surface area contributed by atoms with E-state index in [-0.39, 0.29) is 5.41 Å². The van der Waals surface area contributed by atoms with Crippen LogP contribution in [0.1, 0.15) is 32.9 Å². The minimum Gasteiger partial charge on any atom is -0.354 e. The summed E-state index contributed by atoms with van der Waals surface area (Å²) in [6.07, 6.45) is 4.15. The van der Waals surface area contributed by atoms with Crippen LogP contribution in [0.4, 0.5) is 5.82 Å². The molecule has 0 aliphatic rings. The van der Waals surface area contributed by atoms with Crippen LogP contribution in [0.25, 0.3) is 0 Å². The van der Waals surface area contributed by atoms with Crippen molar-refractivity contribution in [1.82, 2.24) is 9.97 Å². The van der Waals surface area contributed by atoms with Crippen LogP contribution in [0.5, 0.6) is 0 Å². The molecule has 0 aromatic carbocycles. The first-order chi connectivity index (χ1) is 8.54. The molecule has 0 bridgehead atoms. The molecule has 1 aromatic heterocycles. The van der Waals surface area contributed by atoms with Crippen LogP contribution >= 0.6 is 0 Å². The molecule has 98 valence electrons. The Balaban J connectivity index is 3.01. The second-order valence-electron chi connectivity index (χ2n) is 5.13. The molecule has 0 fully saturated rings. The lowest BCUT2D eigenvalue weighted by Crippen LogP contribution is -2.40. The predicted octanol–water partition coefficient (Wildman–Crippen LogP) is 1.55. The Morgan fingerprint density at radius 1 is 1.39 bits per heavy atom. The summed E-state index contributed by atoms with van der Waals surface area (Å²) in [7, 11) is 0. The van der Waals surface area contributed by atoms with Crippen molar-refractivity contribution in [2.24, 2.45) is 11.1 Å². The predicted molar refractivity (Wildman–Crippen MR) is 72.1 cm³/mol. The Bertz CT molecular complexity index is 422. The zero-order valence-electron chi connectivity index (χ0n) is 11.3. The fourth-order valence-corrected chi connectivity index (χ4v) is 1.75. The normalized spacial score (nSPS) is 11.1. The number of aromatic nitrogens is 2. The quantitative estimate of drug-likeness (QED) is 0.825. The first kappa shape index (κ1) is 14.4. The second-order valence-corrected chi connectivity index (χ2v) is 5.13. The molecule has 0 spiro atoms. The van der Waals surface area contributed by atoms with Crippen molar-refractivity contribution < 1.29 is 0 Å². The van der Waals surface area contributed by atoms with Crippen LogP contribution in [0.2, 0.25) is 0 Å². The van der Waals surface area contributed by atoms with E-state index in [2.05, 4.69) is 41.7 Å². The van der Waals surface area contributed by atoms with Gasteiger partial charge in [-0.2, -0.15) is 5.26 Å². The first-order valence-electron chi connectivity index (χ1n) is 6.20. The second kappa shape index (κ2) is 6.31. The molecule has 5 nitrogen and oxygen atoms in total. The van der Waals surface area contributed by atoms with Gasteiger partial charge in [0, 0.05) is 25.5 Å². The molecule has 18 heavy (non-hydrogen) atoms. The van der Waals surface area contributed by atoms with E-state index in [1.807, 2.05) is 0 Å². The molecule has 0 unspecified atom stereocenters. The molecule has 0 atom stereocenters. The van der Waals surface area contributed by atoms with E-state index in [1.165, 1.54) is 0 Å². The fourth-order valence-electron chi connectivity index (χ4n) is 1.75. The standard InChI is InChI=1S/C13H21N5/c1-4-7-18(10-13(2,3)9-15)12-11(8-14)16-5-6-17-12/h5-6H,4,7,9-10,15H2,1-3H3. The summed E-state index contributed by atoms with van der Waals surface area (Å²) in [5, 5.41) is 9.09. The maximum absolute atomic E-state index is 9.09. The highest BCUT2D eigenvalue weighted by Gasteiger charge is 2.22. The number of anilines is 1. The summed E-state index contributed by atoms with van der Waals surface area (Å²) in [4.78, 5) is 10.4. The zero-order chi connectivity index (χ0) is 13.6. The lowest BCUT2D eigenvalue weighted by atomic mass is 9.93. The van der Waals surface area contributed by atoms with Crippen molar-refractivity contribution in [1.29, 1.82) is 5.26 Å². The van der Waals surface area contributed by atoms with E-state index < -0.39 is 0 Å². The van der Waals surface area contributed by atoms with Gasteiger partial charge in [0.1, 0.15) is 6.07 Å². The van der Waals surface area contributed by atoms with Gasteiger partial charge < -0.3 is 10.6 Å². The maximum atomic E-state index is 9.09. The smallest absolute Gasteiger partial charge is 0.183 e. The van der Waals surface area contributed by atoms with Gasteiger partial charge >= 0.3 is 0 Å². The van der Waals surface area contributed by atoms with Gasteiger partial charge in [-0.25, -0.2) is 9.97 Å².